The molecule has 1 amide bonds. The van der Waals surface area contributed by atoms with Crippen LogP contribution in [0.25, 0.3) is 0 Å². The van der Waals surface area contributed by atoms with E-state index in [0.29, 0.717) is 12.3 Å². The van der Waals surface area contributed by atoms with Gasteiger partial charge in [0.1, 0.15) is 0 Å². The summed E-state index contributed by atoms with van der Waals surface area (Å²) < 4.78 is 0. The summed E-state index contributed by atoms with van der Waals surface area (Å²) in [6, 6.07) is 8.29. The van der Waals surface area contributed by atoms with Crippen LogP contribution in [0.3, 0.4) is 0 Å². The number of carbonyl (C=O) groups is 1. The summed E-state index contributed by atoms with van der Waals surface area (Å²) in [6.07, 6.45) is 5.93. The first-order valence-corrected chi connectivity index (χ1v) is 8.00. The first kappa shape index (κ1) is 14.4. The molecule has 0 aliphatic heterocycles. The fraction of sp³-hybridized carbons (Fsp3) is 0.533. The van der Waals surface area contributed by atoms with Crippen molar-refractivity contribution in [1.82, 2.24) is 0 Å². The van der Waals surface area contributed by atoms with Crippen molar-refractivity contribution in [1.29, 1.82) is 0 Å². The Kier molecular flexibility index (Phi) is 4.88. The smallest absolute Gasteiger partial charge is 0.227 e. The van der Waals surface area contributed by atoms with E-state index in [9.17, 15) is 4.79 Å². The number of nitrogens with zero attached hydrogens (tertiary/aromatic N) is 1. The van der Waals surface area contributed by atoms with Crippen molar-refractivity contribution in [2.24, 2.45) is 11.7 Å². The minimum Gasteiger partial charge on any atom is -0.327 e. The minimum absolute atomic E-state index is 0.166. The second-order valence-electron chi connectivity index (χ2n) is 5.21. The molecule has 4 heteroatoms. The number of benzene rings is 1. The zero-order valence-corrected chi connectivity index (χ0v) is 12.5. The van der Waals surface area contributed by atoms with Gasteiger partial charge in [0.05, 0.1) is 0 Å². The molecule has 0 aromatic heterocycles. The van der Waals surface area contributed by atoms with Crippen LogP contribution in [-0.4, -0.2) is 25.3 Å². The molecule has 1 aromatic carbocycles. The lowest BCUT2D eigenvalue weighted by atomic mass is 9.99. The Balaban J connectivity index is 1.97. The Morgan fingerprint density at radius 1 is 1.37 bits per heavy atom. The van der Waals surface area contributed by atoms with Gasteiger partial charge in [0.2, 0.25) is 5.91 Å². The molecule has 0 spiro atoms. The van der Waals surface area contributed by atoms with Gasteiger partial charge in [-0.05, 0) is 49.3 Å². The number of carbonyl (C=O) groups excluding carboxylic acids is 1. The van der Waals surface area contributed by atoms with Crippen molar-refractivity contribution in [2.75, 3.05) is 18.2 Å². The number of rotatable bonds is 4. The van der Waals surface area contributed by atoms with E-state index in [4.69, 9.17) is 5.73 Å². The lowest BCUT2D eigenvalue weighted by Crippen LogP contribution is -2.32. The molecule has 104 valence electrons. The Morgan fingerprint density at radius 3 is 2.58 bits per heavy atom. The quantitative estimate of drug-likeness (QED) is 0.861. The summed E-state index contributed by atoms with van der Waals surface area (Å²) in [5, 5.41) is 0. The zero-order valence-electron chi connectivity index (χ0n) is 11.6. The molecular weight excluding hydrogens is 256 g/mol. The summed E-state index contributed by atoms with van der Waals surface area (Å²) in [4.78, 5) is 15.2. The maximum absolute atomic E-state index is 12.3. The highest BCUT2D eigenvalue weighted by atomic mass is 32.2. The Morgan fingerprint density at radius 2 is 2.05 bits per heavy atom. The van der Waals surface area contributed by atoms with E-state index >= 15 is 0 Å². The molecule has 0 radical (unpaired) electrons. The van der Waals surface area contributed by atoms with Gasteiger partial charge in [-0.15, -0.1) is 11.8 Å². The highest BCUT2D eigenvalue weighted by Crippen LogP contribution is 2.28. The summed E-state index contributed by atoms with van der Waals surface area (Å²) in [6.45, 7) is 0. The van der Waals surface area contributed by atoms with Gasteiger partial charge in [0, 0.05) is 30.1 Å². The zero-order chi connectivity index (χ0) is 13.8. The first-order valence-electron chi connectivity index (χ1n) is 6.78. The van der Waals surface area contributed by atoms with Gasteiger partial charge < -0.3 is 10.6 Å². The van der Waals surface area contributed by atoms with Gasteiger partial charge in [-0.25, -0.2) is 0 Å². The molecule has 3 nitrogen and oxygen atoms in total. The van der Waals surface area contributed by atoms with Crippen molar-refractivity contribution in [2.45, 2.75) is 36.6 Å². The van der Waals surface area contributed by atoms with Crippen molar-refractivity contribution in [3.05, 3.63) is 24.3 Å². The molecule has 1 fully saturated rings. The topological polar surface area (TPSA) is 46.3 Å². The van der Waals surface area contributed by atoms with E-state index in [2.05, 4.69) is 0 Å². The first-order chi connectivity index (χ1) is 9.11. The molecule has 0 saturated heterocycles. The summed E-state index contributed by atoms with van der Waals surface area (Å²) >= 11 is 1.70. The Bertz CT molecular complexity index is 432. The van der Waals surface area contributed by atoms with Crippen LogP contribution < -0.4 is 10.6 Å². The third-order valence-electron chi connectivity index (χ3n) is 3.99. The summed E-state index contributed by atoms with van der Waals surface area (Å²) in [7, 11) is 1.84. The third-order valence-corrected chi connectivity index (χ3v) is 4.73. The Labute approximate surface area is 119 Å². The van der Waals surface area contributed by atoms with E-state index in [-0.39, 0.29) is 11.9 Å². The molecule has 2 N–H and O–H groups in total. The van der Waals surface area contributed by atoms with E-state index in [0.717, 1.165) is 24.9 Å². The van der Waals surface area contributed by atoms with Crippen LogP contribution in [0.1, 0.15) is 25.7 Å². The lowest BCUT2D eigenvalue weighted by Gasteiger charge is -2.21. The average molecular weight is 278 g/mol. The van der Waals surface area contributed by atoms with Gasteiger partial charge in [-0.2, -0.15) is 0 Å². The van der Waals surface area contributed by atoms with Crippen LogP contribution in [0.5, 0.6) is 0 Å². The molecule has 1 aromatic rings. The molecule has 0 heterocycles. The highest BCUT2D eigenvalue weighted by molar-refractivity contribution is 7.98. The molecule has 2 rings (SSSR count). The van der Waals surface area contributed by atoms with E-state index in [1.165, 1.54) is 4.90 Å². The van der Waals surface area contributed by atoms with Gasteiger partial charge in [0.15, 0.2) is 0 Å². The van der Waals surface area contributed by atoms with Crippen LogP contribution in [-0.2, 0) is 4.79 Å². The standard InChI is InChI=1S/C15H22N2OS/c1-17(12-6-8-13(19-2)9-7-12)15(18)10-11-4-3-5-14(11)16/h6-9,11,14H,3-5,10,16H2,1-2H3/t11-,14+/m0/s1. The number of hydrogen-bond acceptors (Lipinski definition) is 3. The molecule has 1 aliphatic carbocycles. The average Bonchev–Trinajstić information content (AvgIpc) is 2.83. The maximum Gasteiger partial charge on any atom is 0.227 e. The van der Waals surface area contributed by atoms with Gasteiger partial charge in [-0.1, -0.05) is 6.42 Å². The largest absolute Gasteiger partial charge is 0.327 e. The summed E-state index contributed by atoms with van der Waals surface area (Å²) in [5.74, 6) is 0.527. The maximum atomic E-state index is 12.3. The number of amides is 1. The molecular formula is C15H22N2OS. The van der Waals surface area contributed by atoms with Gasteiger partial charge in [-0.3, -0.25) is 4.79 Å². The van der Waals surface area contributed by atoms with Crippen LogP contribution in [0.2, 0.25) is 0 Å². The van der Waals surface area contributed by atoms with Crippen LogP contribution in [0.4, 0.5) is 5.69 Å². The van der Waals surface area contributed by atoms with Crippen LogP contribution in [0, 0.1) is 5.92 Å². The second kappa shape index (κ2) is 6.44. The number of thioether (sulfide) groups is 1. The summed E-state index contributed by atoms with van der Waals surface area (Å²) in [5.41, 5.74) is 6.98. The molecule has 0 bridgehead atoms. The third kappa shape index (κ3) is 3.51. The Hall–Kier alpha value is -1.00. The van der Waals surface area contributed by atoms with Crippen molar-refractivity contribution in [3.8, 4) is 0 Å². The molecule has 2 atom stereocenters. The minimum atomic E-state index is 0.166. The lowest BCUT2D eigenvalue weighted by molar-refractivity contribution is -0.119. The van der Waals surface area contributed by atoms with Crippen LogP contribution >= 0.6 is 11.8 Å². The SMILES string of the molecule is CSc1ccc(N(C)C(=O)C[C@@H]2CCC[C@H]2N)cc1. The normalized spacial score (nSPS) is 22.5. The van der Waals surface area contributed by atoms with E-state index in [1.807, 2.05) is 37.6 Å². The number of nitrogens with two attached hydrogens (primary N) is 1. The van der Waals surface area contributed by atoms with Gasteiger partial charge in [0.25, 0.3) is 0 Å². The van der Waals surface area contributed by atoms with E-state index in [1.54, 1.807) is 16.7 Å². The van der Waals surface area contributed by atoms with Crippen molar-refractivity contribution >= 4 is 23.4 Å². The molecule has 0 unspecified atom stereocenters. The molecule has 19 heavy (non-hydrogen) atoms. The molecule has 1 aliphatic rings. The predicted molar refractivity (Wildman–Crippen MR) is 81.6 cm³/mol. The highest BCUT2D eigenvalue weighted by Gasteiger charge is 2.27. The van der Waals surface area contributed by atoms with Gasteiger partial charge >= 0.3 is 0 Å². The molecule has 1 saturated carbocycles. The fourth-order valence-electron chi connectivity index (χ4n) is 2.63. The van der Waals surface area contributed by atoms with Crippen LogP contribution in [0.15, 0.2) is 29.2 Å². The monoisotopic (exact) mass is 278 g/mol. The predicted octanol–water partition coefficient (Wildman–Crippen LogP) is 2.89. The van der Waals surface area contributed by atoms with Crippen molar-refractivity contribution < 1.29 is 4.79 Å². The second-order valence-corrected chi connectivity index (χ2v) is 6.09. The number of hydrogen-bond donors (Lipinski definition) is 1. The fourth-order valence-corrected chi connectivity index (χ4v) is 3.04. The van der Waals surface area contributed by atoms with Crippen molar-refractivity contribution in [3.63, 3.8) is 0 Å². The van der Waals surface area contributed by atoms with E-state index < -0.39 is 0 Å². The number of anilines is 1.